The van der Waals surface area contributed by atoms with E-state index in [-0.39, 0.29) is 18.3 Å². The molecule has 1 aliphatic heterocycles. The molecule has 0 bridgehead atoms. The molecule has 2 aromatic carbocycles. The van der Waals surface area contributed by atoms with E-state index in [0.29, 0.717) is 24.6 Å². The Kier molecular flexibility index (Phi) is 3.87. The SMILES string of the molecule is Cc1ccc(OCCN2C(=O)COc3cc(O)ccc32)cc1. The number of ether oxygens (including phenoxy) is 2. The normalized spacial score (nSPS) is 13.5. The summed E-state index contributed by atoms with van der Waals surface area (Å²) in [5.74, 6) is 1.28. The van der Waals surface area contributed by atoms with Crippen molar-refractivity contribution in [1.82, 2.24) is 0 Å². The average molecular weight is 299 g/mol. The first-order valence-electron chi connectivity index (χ1n) is 7.09. The number of anilines is 1. The molecule has 1 N–H and O–H groups in total. The van der Waals surface area contributed by atoms with Crippen LogP contribution in [0.5, 0.6) is 17.2 Å². The number of phenols is 1. The number of hydrogen-bond acceptors (Lipinski definition) is 4. The Hall–Kier alpha value is -2.69. The molecule has 0 aliphatic carbocycles. The van der Waals surface area contributed by atoms with Crippen molar-refractivity contribution in [1.29, 1.82) is 0 Å². The summed E-state index contributed by atoms with van der Waals surface area (Å²) in [5.41, 5.74) is 1.82. The molecule has 5 heteroatoms. The van der Waals surface area contributed by atoms with Gasteiger partial charge in [0.05, 0.1) is 12.2 Å². The van der Waals surface area contributed by atoms with E-state index in [1.165, 1.54) is 17.7 Å². The maximum atomic E-state index is 12.0. The zero-order chi connectivity index (χ0) is 15.5. The zero-order valence-electron chi connectivity index (χ0n) is 12.3. The van der Waals surface area contributed by atoms with Gasteiger partial charge in [-0.25, -0.2) is 0 Å². The number of hydrogen-bond donors (Lipinski definition) is 1. The molecule has 0 spiro atoms. The monoisotopic (exact) mass is 299 g/mol. The van der Waals surface area contributed by atoms with Crippen molar-refractivity contribution in [3.05, 3.63) is 48.0 Å². The van der Waals surface area contributed by atoms with Gasteiger partial charge in [0, 0.05) is 6.07 Å². The van der Waals surface area contributed by atoms with Gasteiger partial charge in [-0.05, 0) is 31.2 Å². The second kappa shape index (κ2) is 5.97. The van der Waals surface area contributed by atoms with E-state index in [2.05, 4.69) is 0 Å². The number of amides is 1. The minimum absolute atomic E-state index is 0.0268. The van der Waals surface area contributed by atoms with Gasteiger partial charge in [0.15, 0.2) is 6.61 Å². The van der Waals surface area contributed by atoms with Crippen LogP contribution in [0.1, 0.15) is 5.56 Å². The molecule has 22 heavy (non-hydrogen) atoms. The summed E-state index contributed by atoms with van der Waals surface area (Å²) >= 11 is 0. The number of fused-ring (bicyclic) bond motifs is 1. The highest BCUT2D eigenvalue weighted by atomic mass is 16.5. The van der Waals surface area contributed by atoms with Crippen LogP contribution >= 0.6 is 0 Å². The molecule has 1 amide bonds. The predicted molar refractivity (Wildman–Crippen MR) is 82.6 cm³/mol. The fraction of sp³-hybridized carbons (Fsp3) is 0.235. The van der Waals surface area contributed by atoms with Crippen molar-refractivity contribution in [3.8, 4) is 17.2 Å². The summed E-state index contributed by atoms with van der Waals surface area (Å²) in [5, 5.41) is 9.48. The van der Waals surface area contributed by atoms with Crippen LogP contribution in [-0.2, 0) is 4.79 Å². The van der Waals surface area contributed by atoms with E-state index in [0.717, 1.165) is 5.75 Å². The molecule has 1 aliphatic rings. The lowest BCUT2D eigenvalue weighted by molar-refractivity contribution is -0.121. The topological polar surface area (TPSA) is 59.0 Å². The molecule has 0 fully saturated rings. The van der Waals surface area contributed by atoms with Gasteiger partial charge in [0.2, 0.25) is 0 Å². The van der Waals surface area contributed by atoms with Crippen LogP contribution in [-0.4, -0.2) is 30.8 Å². The maximum absolute atomic E-state index is 12.0. The van der Waals surface area contributed by atoms with E-state index in [4.69, 9.17) is 9.47 Å². The Balaban J connectivity index is 1.67. The molecule has 0 aromatic heterocycles. The van der Waals surface area contributed by atoms with Crippen LogP contribution in [0.4, 0.5) is 5.69 Å². The molecular weight excluding hydrogens is 282 g/mol. The molecule has 0 saturated heterocycles. The van der Waals surface area contributed by atoms with Crippen LogP contribution in [0.3, 0.4) is 0 Å². The van der Waals surface area contributed by atoms with Crippen molar-refractivity contribution in [2.75, 3.05) is 24.7 Å². The molecular formula is C17H17NO4. The highest BCUT2D eigenvalue weighted by Gasteiger charge is 2.25. The standard InChI is InChI=1S/C17H17NO4/c1-12-2-5-14(6-3-12)21-9-8-18-15-7-4-13(19)10-16(15)22-11-17(18)20/h2-7,10,19H,8-9,11H2,1H3. The van der Waals surface area contributed by atoms with E-state index in [1.807, 2.05) is 31.2 Å². The fourth-order valence-corrected chi connectivity index (χ4v) is 2.33. The first-order chi connectivity index (χ1) is 10.6. The summed E-state index contributed by atoms with van der Waals surface area (Å²) < 4.78 is 11.0. The van der Waals surface area contributed by atoms with Gasteiger partial charge >= 0.3 is 0 Å². The number of carbonyl (C=O) groups excluding carboxylic acids is 1. The molecule has 0 unspecified atom stereocenters. The minimum Gasteiger partial charge on any atom is -0.508 e. The average Bonchev–Trinajstić information content (AvgIpc) is 2.51. The third-order valence-corrected chi connectivity index (χ3v) is 3.49. The van der Waals surface area contributed by atoms with Crippen molar-refractivity contribution in [2.45, 2.75) is 6.92 Å². The molecule has 0 radical (unpaired) electrons. The third kappa shape index (κ3) is 2.98. The number of phenolic OH excluding ortho intramolecular Hbond substituents is 1. The van der Waals surface area contributed by atoms with Gasteiger partial charge in [-0.15, -0.1) is 0 Å². The van der Waals surface area contributed by atoms with Gasteiger partial charge in [-0.1, -0.05) is 17.7 Å². The Labute approximate surface area is 128 Å². The molecule has 5 nitrogen and oxygen atoms in total. The summed E-state index contributed by atoms with van der Waals surface area (Å²) in [4.78, 5) is 13.6. The Morgan fingerprint density at radius 3 is 2.77 bits per heavy atom. The highest BCUT2D eigenvalue weighted by Crippen LogP contribution is 2.34. The lowest BCUT2D eigenvalue weighted by atomic mass is 10.2. The molecule has 0 atom stereocenters. The number of nitrogens with zero attached hydrogens (tertiary/aromatic N) is 1. The van der Waals surface area contributed by atoms with Gasteiger partial charge in [0.1, 0.15) is 23.9 Å². The van der Waals surface area contributed by atoms with Crippen LogP contribution in [0.15, 0.2) is 42.5 Å². The van der Waals surface area contributed by atoms with Crippen LogP contribution in [0.2, 0.25) is 0 Å². The van der Waals surface area contributed by atoms with Crippen molar-refractivity contribution < 1.29 is 19.4 Å². The van der Waals surface area contributed by atoms with Crippen molar-refractivity contribution in [3.63, 3.8) is 0 Å². The number of aromatic hydroxyl groups is 1. The van der Waals surface area contributed by atoms with Crippen molar-refractivity contribution >= 4 is 11.6 Å². The van der Waals surface area contributed by atoms with Crippen LogP contribution in [0, 0.1) is 6.92 Å². The van der Waals surface area contributed by atoms with Crippen molar-refractivity contribution in [2.24, 2.45) is 0 Å². The van der Waals surface area contributed by atoms with Gasteiger partial charge in [0.25, 0.3) is 5.91 Å². The minimum atomic E-state index is -0.120. The Morgan fingerprint density at radius 1 is 1.23 bits per heavy atom. The molecule has 1 heterocycles. The summed E-state index contributed by atoms with van der Waals surface area (Å²) in [6.45, 7) is 2.80. The smallest absolute Gasteiger partial charge is 0.265 e. The fourth-order valence-electron chi connectivity index (χ4n) is 2.33. The number of rotatable bonds is 4. The molecule has 0 saturated carbocycles. The lowest BCUT2D eigenvalue weighted by Gasteiger charge is -2.29. The van der Waals surface area contributed by atoms with E-state index < -0.39 is 0 Å². The third-order valence-electron chi connectivity index (χ3n) is 3.49. The quantitative estimate of drug-likeness (QED) is 0.942. The van der Waals surface area contributed by atoms with Gasteiger partial charge < -0.3 is 19.5 Å². The molecule has 2 aromatic rings. The first kappa shape index (κ1) is 14.3. The van der Waals surface area contributed by atoms with E-state index in [9.17, 15) is 9.90 Å². The first-order valence-corrected chi connectivity index (χ1v) is 7.09. The molecule has 114 valence electrons. The number of aryl methyl sites for hydroxylation is 1. The largest absolute Gasteiger partial charge is 0.508 e. The van der Waals surface area contributed by atoms with Gasteiger partial charge in [-0.2, -0.15) is 0 Å². The second-order valence-corrected chi connectivity index (χ2v) is 5.15. The van der Waals surface area contributed by atoms with Crippen LogP contribution in [0.25, 0.3) is 0 Å². The number of carbonyl (C=O) groups is 1. The molecule has 3 rings (SSSR count). The van der Waals surface area contributed by atoms with E-state index in [1.54, 1.807) is 11.0 Å². The maximum Gasteiger partial charge on any atom is 0.265 e. The Bertz CT molecular complexity index is 682. The summed E-state index contributed by atoms with van der Waals surface area (Å²) in [6, 6.07) is 12.5. The second-order valence-electron chi connectivity index (χ2n) is 5.15. The summed E-state index contributed by atoms with van der Waals surface area (Å²) in [7, 11) is 0. The lowest BCUT2D eigenvalue weighted by Crippen LogP contribution is -2.41. The van der Waals surface area contributed by atoms with Gasteiger partial charge in [-0.3, -0.25) is 4.79 Å². The number of benzene rings is 2. The highest BCUT2D eigenvalue weighted by molar-refractivity contribution is 5.97. The predicted octanol–water partition coefficient (Wildman–Crippen LogP) is 2.51. The zero-order valence-corrected chi connectivity index (χ0v) is 12.3. The Morgan fingerprint density at radius 2 is 2.00 bits per heavy atom. The van der Waals surface area contributed by atoms with E-state index >= 15 is 0 Å². The summed E-state index contributed by atoms with van der Waals surface area (Å²) in [6.07, 6.45) is 0. The van der Waals surface area contributed by atoms with Crippen LogP contribution < -0.4 is 14.4 Å².